The smallest absolute Gasteiger partial charge is 0.226 e. The number of halogens is 1. The van der Waals surface area contributed by atoms with E-state index in [0.717, 1.165) is 33.2 Å². The summed E-state index contributed by atoms with van der Waals surface area (Å²) in [5.74, 6) is 1.10. The Morgan fingerprint density at radius 2 is 1.14 bits per heavy atom. The number of aromatic nitrogens is 4. The monoisotopic (exact) mass is 482 g/mol. The quantitative estimate of drug-likeness (QED) is 0.255. The van der Waals surface area contributed by atoms with E-state index in [9.17, 15) is 0 Å². The molecule has 0 N–H and O–H groups in total. The fourth-order valence-corrected chi connectivity index (χ4v) is 5.06. The van der Waals surface area contributed by atoms with Gasteiger partial charge in [-0.3, -0.25) is 0 Å². The summed E-state index contributed by atoms with van der Waals surface area (Å²) in [5.41, 5.74) is 5.13. The van der Waals surface area contributed by atoms with Gasteiger partial charge in [0.2, 0.25) is 5.28 Å². The van der Waals surface area contributed by atoms with Crippen molar-refractivity contribution in [3.63, 3.8) is 0 Å². The van der Waals surface area contributed by atoms with Crippen LogP contribution in [0.2, 0.25) is 5.28 Å². The minimum atomic E-state index is 0.173. The topological polar surface area (TPSA) is 43.6 Å². The van der Waals surface area contributed by atoms with Gasteiger partial charge in [0.15, 0.2) is 11.6 Å². The van der Waals surface area contributed by atoms with Gasteiger partial charge in [-0.2, -0.15) is 9.97 Å². The van der Waals surface area contributed by atoms with Crippen molar-refractivity contribution in [2.45, 2.75) is 0 Å². The maximum atomic E-state index is 6.41. The summed E-state index contributed by atoms with van der Waals surface area (Å²) in [6.45, 7) is 0. The average Bonchev–Trinajstić information content (AvgIpc) is 3.26. The van der Waals surface area contributed by atoms with E-state index in [1.54, 1.807) is 0 Å². The normalized spacial score (nSPS) is 11.5. The summed E-state index contributed by atoms with van der Waals surface area (Å²) in [5, 5.41) is 4.84. The molecule has 0 saturated carbocycles. The summed E-state index contributed by atoms with van der Waals surface area (Å²) < 4.78 is 2.28. The molecule has 0 aliphatic rings. The molecule has 0 unspecified atom stereocenters. The predicted octanol–water partition coefficient (Wildman–Crippen LogP) is 8.11. The molecule has 0 bridgehead atoms. The van der Waals surface area contributed by atoms with E-state index in [1.165, 1.54) is 16.2 Å². The molecule has 2 heterocycles. The third-order valence-electron chi connectivity index (χ3n) is 6.56. The summed E-state index contributed by atoms with van der Waals surface area (Å²) in [7, 11) is 0. The highest BCUT2D eigenvalue weighted by Gasteiger charge is 2.15. The van der Waals surface area contributed by atoms with Crippen molar-refractivity contribution in [1.29, 1.82) is 0 Å². The lowest BCUT2D eigenvalue weighted by Gasteiger charge is -2.09. The van der Waals surface area contributed by atoms with Crippen LogP contribution < -0.4 is 0 Å². The van der Waals surface area contributed by atoms with E-state index in [1.807, 2.05) is 24.3 Å². The van der Waals surface area contributed by atoms with E-state index in [4.69, 9.17) is 16.6 Å². The van der Waals surface area contributed by atoms with Crippen LogP contribution in [0.5, 0.6) is 0 Å². The van der Waals surface area contributed by atoms with Crippen LogP contribution >= 0.6 is 11.6 Å². The number of rotatable bonds is 3. The molecule has 0 amide bonds. The first-order valence-corrected chi connectivity index (χ1v) is 12.1. The molecule has 36 heavy (non-hydrogen) atoms. The summed E-state index contributed by atoms with van der Waals surface area (Å²) in [4.78, 5) is 13.8. The molecule has 2 aromatic heterocycles. The van der Waals surface area contributed by atoms with Crippen LogP contribution in [-0.4, -0.2) is 19.5 Å². The molecule has 0 aliphatic carbocycles. The summed E-state index contributed by atoms with van der Waals surface area (Å²) in [6.07, 6.45) is 0. The standard InChI is InChI=1S/C31H19ClN4/c32-31-34-29(22-15-14-20-8-4-5-9-21(20)18-22)33-30(35-31)23-16-17-26-25-12-6-7-13-27(25)36(28(26)19-23)24-10-2-1-3-11-24/h1-19H. The lowest BCUT2D eigenvalue weighted by molar-refractivity contribution is 1.07. The van der Waals surface area contributed by atoms with Gasteiger partial charge in [0.05, 0.1) is 11.0 Å². The largest absolute Gasteiger partial charge is 0.309 e. The Hall–Kier alpha value is -4.54. The fourth-order valence-electron chi connectivity index (χ4n) is 4.90. The van der Waals surface area contributed by atoms with Gasteiger partial charge < -0.3 is 4.57 Å². The number of hydrogen-bond acceptors (Lipinski definition) is 3. The Morgan fingerprint density at radius 3 is 1.97 bits per heavy atom. The molecule has 0 spiro atoms. The zero-order valence-electron chi connectivity index (χ0n) is 19.1. The van der Waals surface area contributed by atoms with Gasteiger partial charge >= 0.3 is 0 Å². The van der Waals surface area contributed by atoms with Gasteiger partial charge in [-0.05, 0) is 52.7 Å². The van der Waals surface area contributed by atoms with Crippen molar-refractivity contribution >= 4 is 44.2 Å². The molecule has 4 nitrogen and oxygen atoms in total. The molecular weight excluding hydrogens is 464 g/mol. The number of nitrogens with zero attached hydrogens (tertiary/aromatic N) is 4. The Labute approximate surface area is 212 Å². The van der Waals surface area contributed by atoms with Gasteiger partial charge in [-0.15, -0.1) is 0 Å². The van der Waals surface area contributed by atoms with Crippen molar-refractivity contribution in [2.75, 3.05) is 0 Å². The number of para-hydroxylation sites is 2. The van der Waals surface area contributed by atoms with E-state index in [-0.39, 0.29) is 5.28 Å². The third kappa shape index (κ3) is 3.43. The number of benzene rings is 5. The van der Waals surface area contributed by atoms with Crippen LogP contribution in [0.4, 0.5) is 0 Å². The molecule has 7 aromatic rings. The Bertz CT molecular complexity index is 1910. The second-order valence-corrected chi connectivity index (χ2v) is 9.07. The van der Waals surface area contributed by atoms with Crippen LogP contribution in [0, 0.1) is 0 Å². The highest BCUT2D eigenvalue weighted by Crippen LogP contribution is 2.34. The van der Waals surface area contributed by atoms with Crippen LogP contribution in [0.15, 0.2) is 115 Å². The first-order chi connectivity index (χ1) is 17.7. The highest BCUT2D eigenvalue weighted by atomic mass is 35.5. The molecule has 0 aliphatic heterocycles. The lowest BCUT2D eigenvalue weighted by Crippen LogP contribution is -1.98. The van der Waals surface area contributed by atoms with Crippen LogP contribution in [0.3, 0.4) is 0 Å². The molecular formula is C31H19ClN4. The van der Waals surface area contributed by atoms with E-state index < -0.39 is 0 Å². The molecule has 7 rings (SSSR count). The van der Waals surface area contributed by atoms with E-state index >= 15 is 0 Å². The molecule has 5 heteroatoms. The van der Waals surface area contributed by atoms with E-state index in [0.29, 0.717) is 11.6 Å². The molecule has 0 atom stereocenters. The molecule has 170 valence electrons. The van der Waals surface area contributed by atoms with Crippen LogP contribution in [0.1, 0.15) is 0 Å². The highest BCUT2D eigenvalue weighted by molar-refractivity contribution is 6.28. The van der Waals surface area contributed by atoms with Crippen molar-refractivity contribution < 1.29 is 0 Å². The van der Waals surface area contributed by atoms with Crippen molar-refractivity contribution in [3.05, 3.63) is 121 Å². The first kappa shape index (κ1) is 20.8. The zero-order valence-corrected chi connectivity index (χ0v) is 19.9. The molecule has 5 aromatic carbocycles. The van der Waals surface area contributed by atoms with Gasteiger partial charge in [0.1, 0.15) is 0 Å². The van der Waals surface area contributed by atoms with Crippen molar-refractivity contribution in [2.24, 2.45) is 0 Å². The maximum Gasteiger partial charge on any atom is 0.226 e. The van der Waals surface area contributed by atoms with Gasteiger partial charge in [-0.1, -0.05) is 84.9 Å². The van der Waals surface area contributed by atoms with Crippen molar-refractivity contribution in [3.8, 4) is 28.5 Å². The Morgan fingerprint density at radius 1 is 0.500 bits per heavy atom. The molecule has 0 fully saturated rings. The maximum absolute atomic E-state index is 6.41. The Balaban J connectivity index is 1.43. The summed E-state index contributed by atoms with van der Waals surface area (Å²) >= 11 is 6.41. The molecule has 0 saturated heterocycles. The fraction of sp³-hybridized carbons (Fsp3) is 0. The van der Waals surface area contributed by atoms with Crippen LogP contribution in [-0.2, 0) is 0 Å². The average molecular weight is 483 g/mol. The minimum Gasteiger partial charge on any atom is -0.309 e. The lowest BCUT2D eigenvalue weighted by atomic mass is 10.1. The van der Waals surface area contributed by atoms with Gasteiger partial charge in [-0.25, -0.2) is 4.98 Å². The SMILES string of the molecule is Clc1nc(-c2ccc3ccccc3c2)nc(-c2ccc3c4ccccc4n(-c4ccccc4)c3c2)n1. The van der Waals surface area contributed by atoms with Gasteiger partial charge in [0, 0.05) is 27.6 Å². The number of fused-ring (bicyclic) bond motifs is 4. The van der Waals surface area contributed by atoms with Crippen molar-refractivity contribution in [1.82, 2.24) is 19.5 Å². The Kier molecular flexibility index (Phi) is 4.79. The predicted molar refractivity (Wildman–Crippen MR) is 148 cm³/mol. The number of hydrogen-bond donors (Lipinski definition) is 0. The second-order valence-electron chi connectivity index (χ2n) is 8.73. The minimum absolute atomic E-state index is 0.173. The zero-order chi connectivity index (χ0) is 24.1. The van der Waals surface area contributed by atoms with Gasteiger partial charge in [0.25, 0.3) is 0 Å². The molecule has 0 radical (unpaired) electrons. The summed E-state index contributed by atoms with van der Waals surface area (Å²) in [6, 6.07) is 39.6. The van der Waals surface area contributed by atoms with Crippen LogP contribution in [0.25, 0.3) is 61.0 Å². The second kappa shape index (κ2) is 8.29. The van der Waals surface area contributed by atoms with E-state index in [2.05, 4.69) is 106 Å². The third-order valence-corrected chi connectivity index (χ3v) is 6.73. The first-order valence-electron chi connectivity index (χ1n) is 11.7.